The van der Waals surface area contributed by atoms with Crippen molar-refractivity contribution >= 4 is 26.8 Å². The zero-order valence-corrected chi connectivity index (χ0v) is 11.5. The van der Waals surface area contributed by atoms with E-state index in [0.29, 0.717) is 0 Å². The van der Waals surface area contributed by atoms with E-state index in [2.05, 4.69) is 68.1 Å². The van der Waals surface area contributed by atoms with Crippen LogP contribution in [0.3, 0.4) is 0 Å². The van der Waals surface area contributed by atoms with Crippen LogP contribution in [0.2, 0.25) is 0 Å². The highest BCUT2D eigenvalue weighted by Crippen LogP contribution is 2.21. The van der Waals surface area contributed by atoms with E-state index in [1.807, 2.05) is 12.4 Å². The van der Waals surface area contributed by atoms with E-state index < -0.39 is 0 Å². The van der Waals surface area contributed by atoms with Gasteiger partial charge in [-0.3, -0.25) is 4.98 Å². The number of halogens is 1. The minimum atomic E-state index is 0.995. The molecule has 0 bridgehead atoms. The topological polar surface area (TPSA) is 17.8 Å². The van der Waals surface area contributed by atoms with E-state index in [0.717, 1.165) is 17.4 Å². The Kier molecular flexibility index (Phi) is 3.15. The van der Waals surface area contributed by atoms with Gasteiger partial charge in [0.2, 0.25) is 0 Å². The Labute approximate surface area is 114 Å². The smallest absolute Gasteiger partial charge is 0.0481 e. The number of benzene rings is 1. The first kappa shape index (κ1) is 11.5. The maximum absolute atomic E-state index is 4.04. The predicted molar refractivity (Wildman–Crippen MR) is 77.6 cm³/mol. The van der Waals surface area contributed by atoms with Crippen molar-refractivity contribution in [2.45, 2.75) is 13.0 Å². The lowest BCUT2D eigenvalue weighted by Crippen LogP contribution is -1.99. The Balaban J connectivity index is 1.83. The van der Waals surface area contributed by atoms with Crippen molar-refractivity contribution in [1.82, 2.24) is 9.55 Å². The Morgan fingerprint density at radius 1 is 1.06 bits per heavy atom. The summed E-state index contributed by atoms with van der Waals surface area (Å²) in [7, 11) is 0. The fourth-order valence-electron chi connectivity index (χ4n) is 2.16. The first-order valence-electron chi connectivity index (χ1n) is 5.96. The molecule has 0 unspecified atom stereocenters. The number of aryl methyl sites for hydroxylation is 2. The highest BCUT2D eigenvalue weighted by atomic mass is 79.9. The molecule has 0 saturated carbocycles. The first-order valence-corrected chi connectivity index (χ1v) is 6.75. The van der Waals surface area contributed by atoms with E-state index in [9.17, 15) is 0 Å². The molecule has 2 nitrogen and oxygen atoms in total. The molecule has 0 spiro atoms. The van der Waals surface area contributed by atoms with Gasteiger partial charge in [0.05, 0.1) is 0 Å². The van der Waals surface area contributed by atoms with E-state index in [-0.39, 0.29) is 0 Å². The quantitative estimate of drug-likeness (QED) is 0.714. The van der Waals surface area contributed by atoms with Gasteiger partial charge >= 0.3 is 0 Å². The molecular formula is C15H13BrN2. The van der Waals surface area contributed by atoms with Crippen LogP contribution in [0, 0.1) is 0 Å². The average molecular weight is 301 g/mol. The van der Waals surface area contributed by atoms with Gasteiger partial charge in [-0.15, -0.1) is 0 Å². The van der Waals surface area contributed by atoms with Crippen molar-refractivity contribution in [1.29, 1.82) is 0 Å². The molecular weight excluding hydrogens is 288 g/mol. The van der Waals surface area contributed by atoms with Crippen LogP contribution in [0.4, 0.5) is 0 Å². The summed E-state index contributed by atoms with van der Waals surface area (Å²) in [5.74, 6) is 0. The largest absolute Gasteiger partial charge is 0.347 e. The van der Waals surface area contributed by atoms with Gasteiger partial charge in [0, 0.05) is 40.5 Å². The number of rotatable bonds is 3. The van der Waals surface area contributed by atoms with Crippen molar-refractivity contribution in [3.63, 3.8) is 0 Å². The Bertz CT molecular complexity index is 659. The summed E-state index contributed by atoms with van der Waals surface area (Å²) in [6, 6.07) is 12.7. The zero-order chi connectivity index (χ0) is 12.4. The molecule has 0 aliphatic carbocycles. The van der Waals surface area contributed by atoms with Crippen molar-refractivity contribution < 1.29 is 0 Å². The monoisotopic (exact) mass is 300 g/mol. The van der Waals surface area contributed by atoms with Gasteiger partial charge in [-0.05, 0) is 48.4 Å². The molecule has 3 heteroatoms. The van der Waals surface area contributed by atoms with Crippen molar-refractivity contribution in [2.75, 3.05) is 0 Å². The molecule has 0 saturated heterocycles. The van der Waals surface area contributed by atoms with Gasteiger partial charge < -0.3 is 4.57 Å². The van der Waals surface area contributed by atoms with Crippen molar-refractivity contribution in [3.8, 4) is 0 Å². The second kappa shape index (κ2) is 4.94. The van der Waals surface area contributed by atoms with Gasteiger partial charge in [-0.25, -0.2) is 0 Å². The van der Waals surface area contributed by atoms with E-state index in [1.54, 1.807) is 0 Å². The Morgan fingerprint density at radius 2 is 1.89 bits per heavy atom. The maximum atomic E-state index is 4.04. The summed E-state index contributed by atoms with van der Waals surface area (Å²) in [6.45, 7) is 0.995. The van der Waals surface area contributed by atoms with Crippen LogP contribution in [0.15, 0.2) is 59.5 Å². The summed E-state index contributed by atoms with van der Waals surface area (Å²) in [6.07, 6.45) is 6.88. The van der Waals surface area contributed by atoms with Crippen LogP contribution in [-0.2, 0) is 13.0 Å². The number of fused-ring (bicyclic) bond motifs is 1. The van der Waals surface area contributed by atoms with Crippen molar-refractivity contribution in [3.05, 3.63) is 65.0 Å². The molecule has 0 aliphatic heterocycles. The molecule has 0 N–H and O–H groups in total. The fourth-order valence-corrected chi connectivity index (χ4v) is 2.54. The molecule has 0 radical (unpaired) electrons. The van der Waals surface area contributed by atoms with Gasteiger partial charge in [0.15, 0.2) is 0 Å². The van der Waals surface area contributed by atoms with Crippen LogP contribution in [0.25, 0.3) is 10.9 Å². The van der Waals surface area contributed by atoms with Crippen LogP contribution < -0.4 is 0 Å². The van der Waals surface area contributed by atoms with Gasteiger partial charge in [0.1, 0.15) is 0 Å². The average Bonchev–Trinajstić information content (AvgIpc) is 2.80. The van der Waals surface area contributed by atoms with Gasteiger partial charge in [0.25, 0.3) is 0 Å². The summed E-state index contributed by atoms with van der Waals surface area (Å²) < 4.78 is 3.42. The minimum Gasteiger partial charge on any atom is -0.347 e. The molecule has 2 aromatic heterocycles. The summed E-state index contributed by atoms with van der Waals surface area (Å²) in [5, 5.41) is 1.28. The van der Waals surface area contributed by atoms with E-state index in [4.69, 9.17) is 0 Å². The molecule has 0 atom stereocenters. The number of hydrogen-bond acceptors (Lipinski definition) is 1. The third-order valence-electron chi connectivity index (χ3n) is 3.12. The summed E-state index contributed by atoms with van der Waals surface area (Å²) in [5.41, 5.74) is 2.61. The highest BCUT2D eigenvalue weighted by molar-refractivity contribution is 9.10. The van der Waals surface area contributed by atoms with Crippen LogP contribution in [-0.4, -0.2) is 9.55 Å². The Hall–Kier alpha value is -1.61. The zero-order valence-electron chi connectivity index (χ0n) is 9.88. The molecule has 0 aliphatic rings. The number of nitrogens with zero attached hydrogens (tertiary/aromatic N) is 2. The SMILES string of the molecule is Brc1ccc2c(ccn2CCc2ccncc2)c1. The van der Waals surface area contributed by atoms with Crippen LogP contribution in [0.1, 0.15) is 5.56 Å². The molecule has 2 heterocycles. The molecule has 90 valence electrons. The number of pyridine rings is 1. The van der Waals surface area contributed by atoms with Crippen molar-refractivity contribution in [2.24, 2.45) is 0 Å². The van der Waals surface area contributed by atoms with E-state index in [1.165, 1.54) is 16.5 Å². The standard InChI is InChI=1S/C15H13BrN2/c16-14-1-2-15-13(11-14)6-10-18(15)9-5-12-3-7-17-8-4-12/h1-4,6-8,10-11H,5,9H2. The fraction of sp³-hybridized carbons (Fsp3) is 0.133. The molecule has 3 aromatic rings. The Morgan fingerprint density at radius 3 is 2.72 bits per heavy atom. The highest BCUT2D eigenvalue weighted by Gasteiger charge is 2.01. The minimum absolute atomic E-state index is 0.995. The lowest BCUT2D eigenvalue weighted by atomic mass is 10.2. The molecule has 0 fully saturated rings. The van der Waals surface area contributed by atoms with Crippen LogP contribution in [0.5, 0.6) is 0 Å². The normalized spacial score (nSPS) is 10.9. The van der Waals surface area contributed by atoms with Gasteiger partial charge in [-0.1, -0.05) is 15.9 Å². The van der Waals surface area contributed by atoms with Crippen LogP contribution >= 0.6 is 15.9 Å². The predicted octanol–water partition coefficient (Wildman–Crippen LogP) is 4.04. The lowest BCUT2D eigenvalue weighted by molar-refractivity contribution is 0.722. The van der Waals surface area contributed by atoms with E-state index >= 15 is 0 Å². The molecule has 18 heavy (non-hydrogen) atoms. The van der Waals surface area contributed by atoms with Gasteiger partial charge in [-0.2, -0.15) is 0 Å². The third kappa shape index (κ3) is 2.31. The summed E-state index contributed by atoms with van der Waals surface area (Å²) >= 11 is 3.50. The number of hydrogen-bond donors (Lipinski definition) is 0. The summed E-state index contributed by atoms with van der Waals surface area (Å²) in [4.78, 5) is 4.04. The number of aromatic nitrogens is 2. The maximum Gasteiger partial charge on any atom is 0.0481 e. The molecule has 0 amide bonds. The first-order chi connectivity index (χ1) is 8.83. The molecule has 1 aromatic carbocycles. The third-order valence-corrected chi connectivity index (χ3v) is 3.62. The second-order valence-corrected chi connectivity index (χ2v) is 5.23. The molecule has 3 rings (SSSR count). The second-order valence-electron chi connectivity index (χ2n) is 4.32. The lowest BCUT2D eigenvalue weighted by Gasteiger charge is -2.05.